The highest BCUT2D eigenvalue weighted by atomic mass is 19.2. The smallest absolute Gasteiger partial charge is 0.253 e. The van der Waals surface area contributed by atoms with E-state index in [9.17, 15) is 17.6 Å². The van der Waals surface area contributed by atoms with Gasteiger partial charge in [0, 0.05) is 19.0 Å². The number of hydrogen-bond donors (Lipinski definition) is 1. The Hall–Kier alpha value is -2.19. The van der Waals surface area contributed by atoms with E-state index in [0.717, 1.165) is 0 Å². The highest BCUT2D eigenvalue weighted by Crippen LogP contribution is 2.32. The minimum absolute atomic E-state index is 0.0452. The van der Waals surface area contributed by atoms with Crippen molar-refractivity contribution in [2.45, 2.75) is 25.7 Å². The van der Waals surface area contributed by atoms with Gasteiger partial charge >= 0.3 is 0 Å². The number of hydrogen-bond acceptors (Lipinski definition) is 4. The lowest BCUT2D eigenvalue weighted by molar-refractivity contribution is 0.398. The van der Waals surface area contributed by atoms with Crippen molar-refractivity contribution >= 4 is 5.69 Å². The molecule has 0 aromatic carbocycles. The van der Waals surface area contributed by atoms with Crippen LogP contribution in [0.25, 0.3) is 0 Å². The van der Waals surface area contributed by atoms with Gasteiger partial charge < -0.3 is 4.90 Å². The van der Waals surface area contributed by atoms with E-state index in [0.29, 0.717) is 24.5 Å². The Bertz CT molecular complexity index is 668. The lowest BCUT2D eigenvalue weighted by Crippen LogP contribution is -2.35. The molecule has 3 heterocycles. The minimum atomic E-state index is -1.64. The van der Waals surface area contributed by atoms with Crippen LogP contribution in [0.15, 0.2) is 0 Å². The zero-order chi connectivity index (χ0) is 15.9. The molecular formula is C13H13F4N5. The average molecular weight is 315 g/mol. The van der Waals surface area contributed by atoms with Gasteiger partial charge in [0.1, 0.15) is 11.5 Å². The lowest BCUT2D eigenvalue weighted by Gasteiger charge is -2.32. The van der Waals surface area contributed by atoms with E-state index in [2.05, 4.69) is 20.2 Å². The second kappa shape index (κ2) is 5.54. The maximum absolute atomic E-state index is 13.7. The second-order valence-corrected chi connectivity index (χ2v) is 5.21. The maximum Gasteiger partial charge on any atom is 0.253 e. The third kappa shape index (κ3) is 2.51. The van der Waals surface area contributed by atoms with Crippen LogP contribution >= 0.6 is 0 Å². The second-order valence-electron chi connectivity index (χ2n) is 5.21. The van der Waals surface area contributed by atoms with Crippen LogP contribution in [-0.2, 0) is 0 Å². The van der Waals surface area contributed by atoms with Crippen LogP contribution < -0.4 is 4.90 Å². The van der Waals surface area contributed by atoms with Crippen molar-refractivity contribution < 1.29 is 17.6 Å². The van der Waals surface area contributed by atoms with E-state index >= 15 is 0 Å². The first-order valence-corrected chi connectivity index (χ1v) is 6.81. The number of piperidine rings is 1. The van der Waals surface area contributed by atoms with Crippen molar-refractivity contribution in [1.29, 1.82) is 0 Å². The van der Waals surface area contributed by atoms with E-state index in [1.807, 2.05) is 0 Å². The molecule has 0 saturated carbocycles. The van der Waals surface area contributed by atoms with Crippen LogP contribution in [0.4, 0.5) is 23.2 Å². The number of pyridine rings is 1. The lowest BCUT2D eigenvalue weighted by atomic mass is 9.96. The van der Waals surface area contributed by atoms with Crippen LogP contribution in [0, 0.1) is 30.5 Å². The fourth-order valence-electron chi connectivity index (χ4n) is 2.66. The van der Waals surface area contributed by atoms with Crippen LogP contribution in [0.1, 0.15) is 30.4 Å². The highest BCUT2D eigenvalue weighted by Gasteiger charge is 2.30. The molecule has 3 rings (SSSR count). The van der Waals surface area contributed by atoms with Gasteiger partial charge in [-0.15, -0.1) is 0 Å². The van der Waals surface area contributed by atoms with Crippen LogP contribution in [0.5, 0.6) is 0 Å². The Morgan fingerprint density at radius 3 is 2.09 bits per heavy atom. The molecule has 2 aromatic rings. The monoisotopic (exact) mass is 315 g/mol. The first kappa shape index (κ1) is 14.7. The summed E-state index contributed by atoms with van der Waals surface area (Å²) >= 11 is 0. The number of H-pyrrole nitrogens is 1. The molecule has 0 atom stereocenters. The van der Waals surface area contributed by atoms with Gasteiger partial charge in [0.2, 0.25) is 11.6 Å². The Morgan fingerprint density at radius 1 is 1.00 bits per heavy atom. The zero-order valence-corrected chi connectivity index (χ0v) is 11.7. The Morgan fingerprint density at radius 2 is 1.59 bits per heavy atom. The maximum atomic E-state index is 13.7. The van der Waals surface area contributed by atoms with E-state index in [1.165, 1.54) is 4.90 Å². The topological polar surface area (TPSA) is 57.7 Å². The molecule has 0 radical (unpaired) electrons. The summed E-state index contributed by atoms with van der Waals surface area (Å²) in [5.41, 5.74) is -0.699. The van der Waals surface area contributed by atoms with Crippen molar-refractivity contribution in [3.8, 4) is 0 Å². The molecule has 9 heteroatoms. The van der Waals surface area contributed by atoms with E-state index < -0.39 is 29.2 Å². The molecule has 0 amide bonds. The number of aryl methyl sites for hydroxylation is 1. The number of nitrogens with one attached hydrogen (secondary N) is 1. The van der Waals surface area contributed by atoms with Gasteiger partial charge in [-0.2, -0.15) is 27.6 Å². The number of aromatic nitrogens is 4. The van der Waals surface area contributed by atoms with Gasteiger partial charge in [0.05, 0.1) is 0 Å². The molecule has 0 unspecified atom stereocenters. The molecule has 1 N–H and O–H groups in total. The van der Waals surface area contributed by atoms with Crippen molar-refractivity contribution in [1.82, 2.24) is 20.2 Å². The number of anilines is 1. The first-order valence-electron chi connectivity index (χ1n) is 6.81. The molecule has 2 aromatic heterocycles. The van der Waals surface area contributed by atoms with Crippen molar-refractivity contribution in [3.05, 3.63) is 35.2 Å². The quantitative estimate of drug-likeness (QED) is 0.683. The van der Waals surface area contributed by atoms with Crippen molar-refractivity contribution in [2.75, 3.05) is 18.0 Å². The summed E-state index contributed by atoms with van der Waals surface area (Å²) < 4.78 is 53.8. The van der Waals surface area contributed by atoms with Crippen LogP contribution in [0.2, 0.25) is 0 Å². The van der Waals surface area contributed by atoms with E-state index in [4.69, 9.17) is 0 Å². The van der Waals surface area contributed by atoms with Gasteiger partial charge in [0.15, 0.2) is 5.82 Å². The summed E-state index contributed by atoms with van der Waals surface area (Å²) in [6, 6.07) is 0. The summed E-state index contributed by atoms with van der Waals surface area (Å²) in [6.45, 7) is 2.27. The SMILES string of the molecule is Cc1nc(C2CCN(c3c(F)c(F)nc(F)c3F)CC2)n[nH]1. The number of rotatable bonds is 2. The van der Waals surface area contributed by atoms with Crippen LogP contribution in [-0.4, -0.2) is 33.3 Å². The molecule has 0 spiro atoms. The molecule has 0 bridgehead atoms. The molecule has 118 valence electrons. The molecule has 0 aliphatic carbocycles. The van der Waals surface area contributed by atoms with Crippen molar-refractivity contribution in [2.24, 2.45) is 0 Å². The van der Waals surface area contributed by atoms with E-state index in [-0.39, 0.29) is 19.0 Å². The molecule has 1 aliphatic rings. The fraction of sp³-hybridized carbons (Fsp3) is 0.462. The number of nitrogens with zero attached hydrogens (tertiary/aromatic N) is 4. The first-order chi connectivity index (χ1) is 10.5. The molecule has 1 aliphatic heterocycles. The molecule has 1 saturated heterocycles. The molecular weight excluding hydrogens is 302 g/mol. The fourth-order valence-corrected chi connectivity index (χ4v) is 2.66. The van der Waals surface area contributed by atoms with Crippen LogP contribution in [0.3, 0.4) is 0 Å². The Labute approximate surface area is 123 Å². The Balaban J connectivity index is 1.80. The summed E-state index contributed by atoms with van der Waals surface area (Å²) in [5, 5.41) is 6.81. The number of aromatic amines is 1. The standard InChI is InChI=1S/C13H13F4N5/c1-6-18-13(21-20-6)7-2-4-22(5-3-7)10-8(14)11(16)19-12(17)9(10)15/h7H,2-5H2,1H3,(H,18,20,21). The average Bonchev–Trinajstić information content (AvgIpc) is 2.93. The summed E-state index contributed by atoms with van der Waals surface area (Å²) in [4.78, 5) is 8.08. The predicted molar refractivity (Wildman–Crippen MR) is 69.4 cm³/mol. The molecule has 5 nitrogen and oxygen atoms in total. The third-order valence-electron chi connectivity index (χ3n) is 3.77. The largest absolute Gasteiger partial charge is 0.366 e. The summed E-state index contributed by atoms with van der Waals surface area (Å²) in [6.07, 6.45) is 1.06. The molecule has 1 fully saturated rings. The minimum Gasteiger partial charge on any atom is -0.366 e. The highest BCUT2D eigenvalue weighted by molar-refractivity contribution is 5.49. The van der Waals surface area contributed by atoms with Gasteiger partial charge in [-0.05, 0) is 19.8 Å². The number of halogens is 4. The van der Waals surface area contributed by atoms with Gasteiger partial charge in [-0.3, -0.25) is 5.10 Å². The summed E-state index contributed by atoms with van der Waals surface area (Å²) in [7, 11) is 0. The summed E-state index contributed by atoms with van der Waals surface area (Å²) in [5.74, 6) is -4.83. The van der Waals surface area contributed by atoms with E-state index in [1.54, 1.807) is 6.92 Å². The van der Waals surface area contributed by atoms with Gasteiger partial charge in [-0.1, -0.05) is 0 Å². The predicted octanol–water partition coefficient (Wildman–Crippen LogP) is 2.45. The third-order valence-corrected chi connectivity index (χ3v) is 3.77. The van der Waals surface area contributed by atoms with Gasteiger partial charge in [-0.25, -0.2) is 4.98 Å². The van der Waals surface area contributed by atoms with Crippen molar-refractivity contribution in [3.63, 3.8) is 0 Å². The Kier molecular flexibility index (Phi) is 3.71. The normalized spacial score (nSPS) is 16.3. The molecule has 22 heavy (non-hydrogen) atoms. The zero-order valence-electron chi connectivity index (χ0n) is 11.7. The van der Waals surface area contributed by atoms with Gasteiger partial charge in [0.25, 0.3) is 11.9 Å².